The number of para-hydroxylation sites is 4. The van der Waals surface area contributed by atoms with Gasteiger partial charge in [0.2, 0.25) is 0 Å². The number of fused-ring (bicyclic) bond motifs is 2. The molecule has 3 N–H and O–H groups in total. The number of methoxy groups -OCH3 is 2. The number of nitrogens with zero attached hydrogens (tertiary/aromatic N) is 3. The second-order valence-corrected chi connectivity index (χ2v) is 6.80. The molecule has 2 aromatic carbocycles. The Balaban J connectivity index is 1.84. The molecule has 0 aliphatic heterocycles. The van der Waals surface area contributed by atoms with Crippen molar-refractivity contribution in [3.63, 3.8) is 0 Å². The number of carbonyl (C=O) groups excluding carboxylic acids is 1. The van der Waals surface area contributed by atoms with Crippen LogP contribution in [0.4, 0.5) is 11.5 Å². The summed E-state index contributed by atoms with van der Waals surface area (Å²) in [5, 5.41) is 2.89. The number of hydrogen-bond donors (Lipinski definition) is 2. The summed E-state index contributed by atoms with van der Waals surface area (Å²) in [7, 11) is 3.20. The monoisotopic (exact) mass is 405 g/mol. The summed E-state index contributed by atoms with van der Waals surface area (Å²) >= 11 is 0. The molecule has 0 fully saturated rings. The fourth-order valence-electron chi connectivity index (χ4n) is 3.47. The molecule has 0 saturated heterocycles. The van der Waals surface area contributed by atoms with Crippen LogP contribution in [0.25, 0.3) is 22.2 Å². The summed E-state index contributed by atoms with van der Waals surface area (Å²) in [5.41, 5.74) is 9.78. The van der Waals surface area contributed by atoms with Crippen LogP contribution in [0.1, 0.15) is 16.8 Å². The van der Waals surface area contributed by atoms with Gasteiger partial charge in [0.15, 0.2) is 5.65 Å². The Hall–Kier alpha value is -3.65. The van der Waals surface area contributed by atoms with Gasteiger partial charge >= 0.3 is 0 Å². The van der Waals surface area contributed by atoms with E-state index in [1.54, 1.807) is 26.4 Å². The number of ether oxygens (including phenoxy) is 2. The van der Waals surface area contributed by atoms with Crippen molar-refractivity contribution in [2.75, 3.05) is 31.9 Å². The number of nitrogen functional groups attached to an aromatic ring is 1. The van der Waals surface area contributed by atoms with E-state index in [1.165, 1.54) is 0 Å². The van der Waals surface area contributed by atoms with Gasteiger partial charge in [-0.1, -0.05) is 24.3 Å². The van der Waals surface area contributed by atoms with E-state index < -0.39 is 0 Å². The van der Waals surface area contributed by atoms with Crippen LogP contribution in [0.15, 0.2) is 48.5 Å². The highest BCUT2D eigenvalue weighted by Gasteiger charge is 2.24. The molecule has 0 spiro atoms. The predicted molar refractivity (Wildman–Crippen MR) is 117 cm³/mol. The number of aryl methyl sites for hydroxylation is 1. The molecule has 0 aliphatic rings. The van der Waals surface area contributed by atoms with E-state index >= 15 is 0 Å². The van der Waals surface area contributed by atoms with E-state index in [1.807, 2.05) is 41.0 Å². The maximum Gasteiger partial charge on any atom is 0.261 e. The van der Waals surface area contributed by atoms with Crippen LogP contribution in [0.2, 0.25) is 0 Å². The molecule has 1 amide bonds. The van der Waals surface area contributed by atoms with Crippen molar-refractivity contribution < 1.29 is 14.3 Å². The van der Waals surface area contributed by atoms with Crippen LogP contribution in [-0.2, 0) is 11.3 Å². The topological polar surface area (TPSA) is 104 Å². The van der Waals surface area contributed by atoms with E-state index in [4.69, 9.17) is 25.2 Å². The van der Waals surface area contributed by atoms with Crippen molar-refractivity contribution in [2.24, 2.45) is 0 Å². The van der Waals surface area contributed by atoms with Crippen LogP contribution in [0.5, 0.6) is 5.75 Å². The molecule has 4 aromatic rings. The molecule has 2 heterocycles. The number of amides is 1. The number of aromatic nitrogens is 3. The van der Waals surface area contributed by atoms with E-state index in [0.29, 0.717) is 52.7 Å². The highest BCUT2D eigenvalue weighted by atomic mass is 16.5. The molecule has 2 aromatic heterocycles. The van der Waals surface area contributed by atoms with E-state index in [9.17, 15) is 4.79 Å². The minimum Gasteiger partial charge on any atom is -0.495 e. The molecule has 0 saturated carbocycles. The van der Waals surface area contributed by atoms with Crippen molar-refractivity contribution in [1.82, 2.24) is 14.5 Å². The summed E-state index contributed by atoms with van der Waals surface area (Å²) in [4.78, 5) is 22.7. The molecule has 0 unspecified atom stereocenters. The molecule has 4 rings (SSSR count). The number of carbonyl (C=O) groups is 1. The van der Waals surface area contributed by atoms with E-state index in [2.05, 4.69) is 5.32 Å². The minimum absolute atomic E-state index is 0.298. The molecule has 0 radical (unpaired) electrons. The van der Waals surface area contributed by atoms with Crippen LogP contribution in [0.3, 0.4) is 0 Å². The van der Waals surface area contributed by atoms with Gasteiger partial charge in [-0.15, -0.1) is 0 Å². The zero-order valence-electron chi connectivity index (χ0n) is 16.9. The average molecular weight is 405 g/mol. The molecule has 154 valence electrons. The molecule has 8 nitrogen and oxygen atoms in total. The lowest BCUT2D eigenvalue weighted by atomic mass is 10.2. The van der Waals surface area contributed by atoms with Crippen molar-refractivity contribution in [2.45, 2.75) is 13.0 Å². The Bertz CT molecular complexity index is 1220. The smallest absolute Gasteiger partial charge is 0.261 e. The standard InChI is InChI=1S/C22H23N5O3/c1-29-13-7-12-27-20(23)18(22(28)26-16-10-5-6-11-17(16)30-2)19-21(27)25-15-9-4-3-8-14(15)24-19/h3-6,8-11H,7,12-13,23H2,1-2H3,(H,26,28). The number of anilines is 2. The van der Waals surface area contributed by atoms with E-state index in [-0.39, 0.29) is 5.91 Å². The molecule has 0 aliphatic carbocycles. The Kier molecular flexibility index (Phi) is 5.49. The second kappa shape index (κ2) is 8.38. The second-order valence-electron chi connectivity index (χ2n) is 6.80. The van der Waals surface area contributed by atoms with Crippen LogP contribution >= 0.6 is 0 Å². The van der Waals surface area contributed by atoms with Gasteiger partial charge in [0, 0.05) is 20.3 Å². The molecular formula is C22H23N5O3. The van der Waals surface area contributed by atoms with Crippen LogP contribution in [0, 0.1) is 0 Å². The zero-order chi connectivity index (χ0) is 21.1. The number of nitrogens with two attached hydrogens (primary N) is 1. The summed E-state index contributed by atoms with van der Waals surface area (Å²) in [6.45, 7) is 1.13. The Morgan fingerprint density at radius 2 is 1.77 bits per heavy atom. The van der Waals surface area contributed by atoms with Crippen molar-refractivity contribution >= 4 is 39.6 Å². The fraction of sp³-hybridized carbons (Fsp3) is 0.227. The van der Waals surface area contributed by atoms with Gasteiger partial charge < -0.3 is 25.1 Å². The lowest BCUT2D eigenvalue weighted by Crippen LogP contribution is -2.15. The number of hydrogen-bond acceptors (Lipinski definition) is 6. The maximum absolute atomic E-state index is 13.2. The quantitative estimate of drug-likeness (QED) is 0.456. The van der Waals surface area contributed by atoms with E-state index in [0.717, 1.165) is 11.9 Å². The fourth-order valence-corrected chi connectivity index (χ4v) is 3.47. The summed E-state index contributed by atoms with van der Waals surface area (Å²) in [6.07, 6.45) is 0.729. The highest BCUT2D eigenvalue weighted by molar-refractivity contribution is 6.16. The Morgan fingerprint density at radius 1 is 1.07 bits per heavy atom. The predicted octanol–water partition coefficient (Wildman–Crippen LogP) is 3.46. The number of nitrogens with one attached hydrogen (secondary N) is 1. The van der Waals surface area contributed by atoms with Gasteiger partial charge in [-0.05, 0) is 30.7 Å². The third-order valence-electron chi connectivity index (χ3n) is 4.90. The first-order valence-corrected chi connectivity index (χ1v) is 9.61. The third-order valence-corrected chi connectivity index (χ3v) is 4.90. The lowest BCUT2D eigenvalue weighted by molar-refractivity contribution is 0.102. The van der Waals surface area contributed by atoms with Crippen molar-refractivity contribution in [1.29, 1.82) is 0 Å². The molecule has 0 bridgehead atoms. The number of benzene rings is 2. The average Bonchev–Trinajstić information content (AvgIpc) is 3.03. The van der Waals surface area contributed by atoms with Crippen LogP contribution in [-0.4, -0.2) is 41.3 Å². The Labute approximate surface area is 173 Å². The van der Waals surface area contributed by atoms with Gasteiger partial charge in [0.05, 0.1) is 23.8 Å². The number of rotatable bonds is 7. The van der Waals surface area contributed by atoms with Crippen molar-refractivity contribution in [3.05, 3.63) is 54.1 Å². The highest BCUT2D eigenvalue weighted by Crippen LogP contribution is 2.30. The third kappa shape index (κ3) is 3.53. The molecule has 30 heavy (non-hydrogen) atoms. The first-order chi connectivity index (χ1) is 14.6. The Morgan fingerprint density at radius 3 is 2.50 bits per heavy atom. The maximum atomic E-state index is 13.2. The summed E-state index contributed by atoms with van der Waals surface area (Å²) in [6, 6.07) is 14.7. The van der Waals surface area contributed by atoms with Gasteiger partial charge in [-0.25, -0.2) is 9.97 Å². The summed E-state index contributed by atoms with van der Waals surface area (Å²) in [5.74, 6) is 0.519. The SMILES string of the molecule is COCCCn1c(N)c(C(=O)Nc2ccccc2OC)c2nc3ccccc3nc21. The molecule has 0 atom stereocenters. The summed E-state index contributed by atoms with van der Waals surface area (Å²) < 4.78 is 12.3. The van der Waals surface area contributed by atoms with Gasteiger partial charge in [-0.3, -0.25) is 4.79 Å². The zero-order valence-corrected chi connectivity index (χ0v) is 16.9. The lowest BCUT2D eigenvalue weighted by Gasteiger charge is -2.10. The largest absolute Gasteiger partial charge is 0.495 e. The van der Waals surface area contributed by atoms with Gasteiger partial charge in [0.1, 0.15) is 22.6 Å². The van der Waals surface area contributed by atoms with Crippen molar-refractivity contribution in [3.8, 4) is 5.75 Å². The molecular weight excluding hydrogens is 382 g/mol. The first-order valence-electron chi connectivity index (χ1n) is 9.61. The van der Waals surface area contributed by atoms with Crippen LogP contribution < -0.4 is 15.8 Å². The van der Waals surface area contributed by atoms with Gasteiger partial charge in [0.25, 0.3) is 5.91 Å². The normalized spacial score (nSPS) is 11.1. The minimum atomic E-state index is -0.364. The first kappa shape index (κ1) is 19.7. The van der Waals surface area contributed by atoms with Gasteiger partial charge in [-0.2, -0.15) is 0 Å². The molecule has 8 heteroatoms.